The molecule has 1 aromatic carbocycles. The Hall–Kier alpha value is -2.04. The van der Waals surface area contributed by atoms with Gasteiger partial charge in [-0.3, -0.25) is 4.79 Å². The molecule has 0 bridgehead atoms. The monoisotopic (exact) mass is 264 g/mol. The summed E-state index contributed by atoms with van der Waals surface area (Å²) in [6.07, 6.45) is 2.02. The lowest BCUT2D eigenvalue weighted by Gasteiger charge is -2.07. The lowest BCUT2D eigenvalue weighted by atomic mass is 10.1. The zero-order valence-corrected chi connectivity index (χ0v) is 11.3. The molecule has 0 unspecified atom stereocenters. The Kier molecular flexibility index (Phi) is 6.43. The zero-order valence-electron chi connectivity index (χ0n) is 11.3. The minimum absolute atomic E-state index is 0.0101. The first kappa shape index (κ1) is 15.0. The highest BCUT2D eigenvalue weighted by molar-refractivity contribution is 5.98. The van der Waals surface area contributed by atoms with Crippen LogP contribution in [0.3, 0.4) is 0 Å². The van der Waals surface area contributed by atoms with E-state index in [1.165, 1.54) is 0 Å². The fourth-order valence-electron chi connectivity index (χ4n) is 1.45. The normalized spacial score (nSPS) is 11.2. The van der Waals surface area contributed by atoms with Crippen molar-refractivity contribution < 1.29 is 14.7 Å². The van der Waals surface area contributed by atoms with E-state index in [2.05, 4.69) is 17.4 Å². The lowest BCUT2D eigenvalue weighted by Crippen LogP contribution is -2.29. The van der Waals surface area contributed by atoms with Crippen LogP contribution in [0.2, 0.25) is 0 Å². The molecule has 0 aliphatic carbocycles. The maximum Gasteiger partial charge on any atom is 0.257 e. The summed E-state index contributed by atoms with van der Waals surface area (Å²) >= 11 is 0. The number of rotatable bonds is 7. The van der Waals surface area contributed by atoms with E-state index in [9.17, 15) is 4.79 Å². The summed E-state index contributed by atoms with van der Waals surface area (Å²) < 4.78 is 5.35. The van der Waals surface area contributed by atoms with Crippen LogP contribution in [0.4, 0.5) is 0 Å². The van der Waals surface area contributed by atoms with Gasteiger partial charge in [0.1, 0.15) is 5.75 Å². The van der Waals surface area contributed by atoms with Crippen LogP contribution in [0, 0.1) is 0 Å². The second kappa shape index (κ2) is 8.13. The largest absolute Gasteiger partial charge is 0.484 e. The Morgan fingerprint density at radius 3 is 2.63 bits per heavy atom. The van der Waals surface area contributed by atoms with E-state index >= 15 is 0 Å². The standard InChI is InChI=1S/C14H20N2O3/c1-3-4-9-15-14(17)10-19-13-7-5-12(6-8-13)11(2)16-18/h5-8,18H,3-4,9-10H2,1-2H3,(H,15,17)/b16-11+. The van der Waals surface area contributed by atoms with Gasteiger partial charge in [-0.15, -0.1) is 0 Å². The first-order valence-corrected chi connectivity index (χ1v) is 6.36. The van der Waals surface area contributed by atoms with E-state index < -0.39 is 0 Å². The fourth-order valence-corrected chi connectivity index (χ4v) is 1.45. The molecule has 19 heavy (non-hydrogen) atoms. The third kappa shape index (κ3) is 5.42. The molecule has 0 saturated carbocycles. The van der Waals surface area contributed by atoms with Crippen LogP contribution in [0.5, 0.6) is 5.75 Å². The van der Waals surface area contributed by atoms with Gasteiger partial charge in [-0.2, -0.15) is 0 Å². The first-order chi connectivity index (χ1) is 9.17. The number of unbranched alkanes of at least 4 members (excludes halogenated alkanes) is 1. The van der Waals surface area contributed by atoms with Gasteiger partial charge in [0.05, 0.1) is 5.71 Å². The average molecular weight is 264 g/mol. The topological polar surface area (TPSA) is 70.9 Å². The van der Waals surface area contributed by atoms with Gasteiger partial charge in [-0.25, -0.2) is 0 Å². The molecular formula is C14H20N2O3. The zero-order chi connectivity index (χ0) is 14.1. The lowest BCUT2D eigenvalue weighted by molar-refractivity contribution is -0.123. The Balaban J connectivity index is 2.39. The summed E-state index contributed by atoms with van der Waals surface area (Å²) in [4.78, 5) is 11.4. The van der Waals surface area contributed by atoms with E-state index in [0.717, 1.165) is 18.4 Å². The first-order valence-electron chi connectivity index (χ1n) is 6.36. The molecule has 5 nitrogen and oxygen atoms in total. The Labute approximate surface area is 113 Å². The van der Waals surface area contributed by atoms with Gasteiger partial charge in [0.2, 0.25) is 0 Å². The van der Waals surface area contributed by atoms with Gasteiger partial charge in [0.15, 0.2) is 6.61 Å². The molecular weight excluding hydrogens is 244 g/mol. The number of nitrogens with zero attached hydrogens (tertiary/aromatic N) is 1. The molecule has 0 aliphatic rings. The van der Waals surface area contributed by atoms with Gasteiger partial charge in [-0.1, -0.05) is 18.5 Å². The van der Waals surface area contributed by atoms with Gasteiger partial charge < -0.3 is 15.3 Å². The summed E-state index contributed by atoms with van der Waals surface area (Å²) in [6.45, 7) is 4.47. The van der Waals surface area contributed by atoms with Gasteiger partial charge >= 0.3 is 0 Å². The summed E-state index contributed by atoms with van der Waals surface area (Å²) in [7, 11) is 0. The van der Waals surface area contributed by atoms with Crippen LogP contribution < -0.4 is 10.1 Å². The number of nitrogens with one attached hydrogen (secondary N) is 1. The van der Waals surface area contributed by atoms with E-state index in [0.29, 0.717) is 18.0 Å². The molecule has 2 N–H and O–H groups in total. The Morgan fingerprint density at radius 2 is 2.05 bits per heavy atom. The van der Waals surface area contributed by atoms with Gasteiger partial charge in [-0.05, 0) is 43.2 Å². The van der Waals surface area contributed by atoms with E-state index in [1.54, 1.807) is 31.2 Å². The third-order valence-electron chi connectivity index (χ3n) is 2.64. The van der Waals surface area contributed by atoms with Crippen LogP contribution in [-0.4, -0.2) is 30.0 Å². The van der Waals surface area contributed by atoms with Crippen LogP contribution in [0.1, 0.15) is 32.3 Å². The van der Waals surface area contributed by atoms with Crippen LogP contribution in [0.15, 0.2) is 29.4 Å². The van der Waals surface area contributed by atoms with Crippen LogP contribution in [0.25, 0.3) is 0 Å². The number of carbonyl (C=O) groups is 1. The number of hydrogen-bond donors (Lipinski definition) is 2. The predicted molar refractivity (Wildman–Crippen MR) is 73.9 cm³/mol. The molecule has 1 amide bonds. The van der Waals surface area contributed by atoms with Crippen LogP contribution in [-0.2, 0) is 4.79 Å². The molecule has 5 heteroatoms. The number of amides is 1. The van der Waals surface area contributed by atoms with E-state index in [4.69, 9.17) is 9.94 Å². The van der Waals surface area contributed by atoms with Crippen LogP contribution >= 0.6 is 0 Å². The van der Waals surface area contributed by atoms with E-state index in [1.807, 2.05) is 0 Å². The number of oxime groups is 1. The minimum atomic E-state index is -0.120. The van der Waals surface area contributed by atoms with E-state index in [-0.39, 0.29) is 12.5 Å². The Bertz CT molecular complexity index is 427. The second-order valence-electron chi connectivity index (χ2n) is 4.20. The molecule has 0 spiro atoms. The van der Waals surface area contributed by atoms with Crippen molar-refractivity contribution in [2.45, 2.75) is 26.7 Å². The van der Waals surface area contributed by atoms with Crippen molar-refractivity contribution in [2.24, 2.45) is 5.16 Å². The maximum atomic E-state index is 11.4. The molecule has 1 aromatic rings. The molecule has 104 valence electrons. The van der Waals surface area contributed by atoms with Crippen molar-refractivity contribution in [3.8, 4) is 5.75 Å². The molecule has 0 aliphatic heterocycles. The van der Waals surface area contributed by atoms with Crippen molar-refractivity contribution >= 4 is 11.6 Å². The fraction of sp³-hybridized carbons (Fsp3) is 0.429. The van der Waals surface area contributed by atoms with Crippen molar-refractivity contribution in [2.75, 3.05) is 13.2 Å². The second-order valence-corrected chi connectivity index (χ2v) is 4.20. The summed E-state index contributed by atoms with van der Waals surface area (Å²) in [5.74, 6) is 0.491. The minimum Gasteiger partial charge on any atom is -0.484 e. The van der Waals surface area contributed by atoms with Crippen molar-refractivity contribution in [1.29, 1.82) is 0 Å². The molecule has 0 atom stereocenters. The smallest absolute Gasteiger partial charge is 0.257 e. The molecule has 0 fully saturated rings. The van der Waals surface area contributed by atoms with Crippen molar-refractivity contribution in [3.63, 3.8) is 0 Å². The van der Waals surface area contributed by atoms with Gasteiger partial charge in [0.25, 0.3) is 5.91 Å². The average Bonchev–Trinajstić information content (AvgIpc) is 2.45. The SMILES string of the molecule is CCCCNC(=O)COc1ccc(/C(C)=N/O)cc1. The Morgan fingerprint density at radius 1 is 1.37 bits per heavy atom. The summed E-state index contributed by atoms with van der Waals surface area (Å²) in [6, 6.07) is 7.03. The van der Waals surface area contributed by atoms with Gasteiger partial charge in [0, 0.05) is 6.54 Å². The summed E-state index contributed by atoms with van der Waals surface area (Å²) in [5.41, 5.74) is 1.34. The number of benzene rings is 1. The number of ether oxygens (including phenoxy) is 1. The van der Waals surface area contributed by atoms with Crippen molar-refractivity contribution in [3.05, 3.63) is 29.8 Å². The highest BCUT2D eigenvalue weighted by Gasteiger charge is 2.03. The molecule has 0 radical (unpaired) electrons. The maximum absolute atomic E-state index is 11.4. The quantitative estimate of drug-likeness (QED) is 0.343. The molecule has 0 saturated heterocycles. The highest BCUT2D eigenvalue weighted by atomic mass is 16.5. The molecule has 1 rings (SSSR count). The predicted octanol–water partition coefficient (Wildman–Crippen LogP) is 2.18. The number of hydrogen-bond acceptors (Lipinski definition) is 4. The highest BCUT2D eigenvalue weighted by Crippen LogP contribution is 2.12. The third-order valence-corrected chi connectivity index (χ3v) is 2.64. The summed E-state index contributed by atoms with van der Waals surface area (Å²) in [5, 5.41) is 14.5. The molecule has 0 heterocycles. The molecule has 0 aromatic heterocycles. The van der Waals surface area contributed by atoms with Crippen molar-refractivity contribution in [1.82, 2.24) is 5.32 Å². The number of carbonyl (C=O) groups excluding carboxylic acids is 1.